The third-order valence-corrected chi connectivity index (χ3v) is 1.82. The summed E-state index contributed by atoms with van der Waals surface area (Å²) in [5.41, 5.74) is 9.22. The predicted octanol–water partition coefficient (Wildman–Crippen LogP) is 3.07. The van der Waals surface area contributed by atoms with Crippen LogP contribution in [0, 0.1) is 0 Å². The molecule has 0 bridgehead atoms. The van der Waals surface area contributed by atoms with E-state index in [2.05, 4.69) is 10.0 Å². The smallest absolute Gasteiger partial charge is 0.118 e. The standard InChI is InChI=1S/C9H11N3O/c1-7(11-12-10)8-3-5-9(13-2)6-4-8/h3-7H,1-2H3. The molecule has 0 saturated carbocycles. The molecule has 0 spiro atoms. The Labute approximate surface area is 76.8 Å². The Balaban J connectivity index is 2.85. The number of benzene rings is 1. The molecule has 0 aliphatic carbocycles. The van der Waals surface area contributed by atoms with Gasteiger partial charge in [0.25, 0.3) is 0 Å². The van der Waals surface area contributed by atoms with Gasteiger partial charge in [-0.1, -0.05) is 24.2 Å². The molecule has 0 aromatic heterocycles. The quantitative estimate of drug-likeness (QED) is 0.397. The number of hydrogen-bond acceptors (Lipinski definition) is 2. The second-order valence-corrected chi connectivity index (χ2v) is 2.65. The third kappa shape index (κ3) is 2.39. The van der Waals surface area contributed by atoms with Crippen molar-refractivity contribution in [3.63, 3.8) is 0 Å². The van der Waals surface area contributed by atoms with E-state index in [-0.39, 0.29) is 6.04 Å². The first-order valence-corrected chi connectivity index (χ1v) is 3.96. The molecule has 0 fully saturated rings. The molecular formula is C9H11N3O. The maximum absolute atomic E-state index is 8.23. The van der Waals surface area contributed by atoms with Crippen LogP contribution in [0.5, 0.6) is 5.75 Å². The monoisotopic (exact) mass is 177 g/mol. The van der Waals surface area contributed by atoms with E-state index in [0.717, 1.165) is 11.3 Å². The maximum atomic E-state index is 8.23. The van der Waals surface area contributed by atoms with Crippen molar-refractivity contribution < 1.29 is 4.74 Å². The highest BCUT2D eigenvalue weighted by Gasteiger charge is 2.01. The molecule has 13 heavy (non-hydrogen) atoms. The fraction of sp³-hybridized carbons (Fsp3) is 0.333. The van der Waals surface area contributed by atoms with Crippen molar-refractivity contribution in [1.29, 1.82) is 0 Å². The minimum Gasteiger partial charge on any atom is -0.497 e. The van der Waals surface area contributed by atoms with Crippen LogP contribution >= 0.6 is 0 Å². The molecule has 0 radical (unpaired) electrons. The van der Waals surface area contributed by atoms with Crippen molar-refractivity contribution >= 4 is 0 Å². The molecule has 1 unspecified atom stereocenters. The lowest BCUT2D eigenvalue weighted by Crippen LogP contribution is -1.88. The third-order valence-electron chi connectivity index (χ3n) is 1.82. The number of hydrogen-bond donors (Lipinski definition) is 0. The summed E-state index contributed by atoms with van der Waals surface area (Å²) in [7, 11) is 1.62. The van der Waals surface area contributed by atoms with Crippen molar-refractivity contribution in [2.45, 2.75) is 13.0 Å². The Morgan fingerprint density at radius 2 is 2.00 bits per heavy atom. The predicted molar refractivity (Wildman–Crippen MR) is 50.6 cm³/mol. The summed E-state index contributed by atoms with van der Waals surface area (Å²) >= 11 is 0. The number of nitrogens with zero attached hydrogens (tertiary/aromatic N) is 3. The van der Waals surface area contributed by atoms with Crippen LogP contribution in [0.2, 0.25) is 0 Å². The topological polar surface area (TPSA) is 58.0 Å². The van der Waals surface area contributed by atoms with Gasteiger partial charge in [-0.15, -0.1) is 0 Å². The van der Waals surface area contributed by atoms with Gasteiger partial charge in [0.15, 0.2) is 0 Å². The van der Waals surface area contributed by atoms with Crippen LogP contribution in [0.3, 0.4) is 0 Å². The summed E-state index contributed by atoms with van der Waals surface area (Å²) in [4.78, 5) is 2.75. The van der Waals surface area contributed by atoms with Crippen LogP contribution in [0.25, 0.3) is 10.4 Å². The van der Waals surface area contributed by atoms with Gasteiger partial charge in [-0.2, -0.15) is 0 Å². The Morgan fingerprint density at radius 1 is 1.38 bits per heavy atom. The molecule has 4 heteroatoms. The van der Waals surface area contributed by atoms with E-state index in [1.165, 1.54) is 0 Å². The van der Waals surface area contributed by atoms with Crippen molar-refractivity contribution in [3.8, 4) is 5.75 Å². The first kappa shape index (κ1) is 9.42. The largest absolute Gasteiger partial charge is 0.497 e. The molecule has 0 aliphatic rings. The van der Waals surface area contributed by atoms with Gasteiger partial charge in [0.1, 0.15) is 5.75 Å². The summed E-state index contributed by atoms with van der Waals surface area (Å²) in [6, 6.07) is 7.34. The van der Waals surface area contributed by atoms with E-state index < -0.39 is 0 Å². The zero-order valence-electron chi connectivity index (χ0n) is 7.64. The summed E-state index contributed by atoms with van der Waals surface area (Å²) in [5.74, 6) is 0.803. The number of ether oxygens (including phenoxy) is 1. The second-order valence-electron chi connectivity index (χ2n) is 2.65. The average Bonchev–Trinajstić information content (AvgIpc) is 2.18. The van der Waals surface area contributed by atoms with Crippen LogP contribution < -0.4 is 4.74 Å². The van der Waals surface area contributed by atoms with Crippen molar-refractivity contribution in [3.05, 3.63) is 40.3 Å². The highest BCUT2D eigenvalue weighted by atomic mass is 16.5. The average molecular weight is 177 g/mol. The SMILES string of the molecule is COc1ccc(C(C)N=[N+]=[N-])cc1. The highest BCUT2D eigenvalue weighted by molar-refractivity contribution is 5.28. The molecule has 4 nitrogen and oxygen atoms in total. The minimum absolute atomic E-state index is 0.129. The molecule has 0 saturated heterocycles. The van der Waals surface area contributed by atoms with Crippen LogP contribution in [0.4, 0.5) is 0 Å². The summed E-state index contributed by atoms with van der Waals surface area (Å²) < 4.78 is 5.01. The van der Waals surface area contributed by atoms with Crippen molar-refractivity contribution in [1.82, 2.24) is 0 Å². The fourth-order valence-electron chi connectivity index (χ4n) is 1.03. The lowest BCUT2D eigenvalue weighted by atomic mass is 10.1. The van der Waals surface area contributed by atoms with Crippen LogP contribution in [0.1, 0.15) is 18.5 Å². The summed E-state index contributed by atoms with van der Waals surface area (Å²) in [6.45, 7) is 1.85. The first-order chi connectivity index (χ1) is 6.27. The van der Waals surface area contributed by atoms with Gasteiger partial charge in [-0.25, -0.2) is 0 Å². The maximum Gasteiger partial charge on any atom is 0.118 e. The molecule has 68 valence electrons. The number of methoxy groups -OCH3 is 1. The van der Waals surface area contributed by atoms with Gasteiger partial charge >= 0.3 is 0 Å². The molecule has 0 N–H and O–H groups in total. The van der Waals surface area contributed by atoms with Crippen LogP contribution in [-0.2, 0) is 0 Å². The van der Waals surface area contributed by atoms with Gasteiger partial charge in [-0.05, 0) is 23.2 Å². The normalized spacial score (nSPS) is 11.5. The van der Waals surface area contributed by atoms with E-state index in [9.17, 15) is 0 Å². The Bertz CT molecular complexity index is 314. The molecule has 1 aromatic rings. The molecule has 1 atom stereocenters. The van der Waals surface area contributed by atoms with Gasteiger partial charge in [0.05, 0.1) is 13.2 Å². The van der Waals surface area contributed by atoms with Gasteiger partial charge < -0.3 is 4.74 Å². The Kier molecular flexibility index (Phi) is 3.17. The van der Waals surface area contributed by atoms with Gasteiger partial charge in [0, 0.05) is 4.91 Å². The number of azide groups is 1. The van der Waals surface area contributed by atoms with Crippen molar-refractivity contribution in [2.75, 3.05) is 7.11 Å². The molecule has 1 aromatic carbocycles. The van der Waals surface area contributed by atoms with E-state index in [4.69, 9.17) is 10.3 Å². The van der Waals surface area contributed by atoms with Crippen molar-refractivity contribution in [2.24, 2.45) is 5.11 Å². The minimum atomic E-state index is -0.129. The summed E-state index contributed by atoms with van der Waals surface area (Å²) in [6.07, 6.45) is 0. The highest BCUT2D eigenvalue weighted by Crippen LogP contribution is 2.19. The molecular weight excluding hydrogens is 166 g/mol. The molecule has 1 rings (SSSR count). The van der Waals surface area contributed by atoms with Crippen LogP contribution in [-0.4, -0.2) is 7.11 Å². The molecule has 0 aliphatic heterocycles. The van der Waals surface area contributed by atoms with Gasteiger partial charge in [-0.3, -0.25) is 0 Å². The van der Waals surface area contributed by atoms with E-state index in [0.29, 0.717) is 0 Å². The first-order valence-electron chi connectivity index (χ1n) is 3.96. The van der Waals surface area contributed by atoms with E-state index in [1.54, 1.807) is 7.11 Å². The second kappa shape index (κ2) is 4.38. The lowest BCUT2D eigenvalue weighted by molar-refractivity contribution is 0.414. The van der Waals surface area contributed by atoms with Crippen LogP contribution in [0.15, 0.2) is 29.4 Å². The Morgan fingerprint density at radius 3 is 2.46 bits per heavy atom. The summed E-state index contributed by atoms with van der Waals surface area (Å²) in [5, 5.41) is 3.59. The van der Waals surface area contributed by atoms with E-state index >= 15 is 0 Å². The molecule has 0 amide bonds. The van der Waals surface area contributed by atoms with Gasteiger partial charge in [0.2, 0.25) is 0 Å². The van der Waals surface area contributed by atoms with E-state index in [1.807, 2.05) is 31.2 Å². The fourth-order valence-corrected chi connectivity index (χ4v) is 1.03. The Hall–Kier alpha value is -1.67. The molecule has 0 heterocycles. The zero-order valence-corrected chi connectivity index (χ0v) is 7.64. The zero-order chi connectivity index (χ0) is 9.68. The number of rotatable bonds is 3. The lowest BCUT2D eigenvalue weighted by Gasteiger charge is -2.05.